The van der Waals surface area contributed by atoms with Crippen molar-refractivity contribution in [1.29, 1.82) is 0 Å². The molecule has 0 amide bonds. The molecule has 0 bridgehead atoms. The number of anilines is 2. The predicted octanol–water partition coefficient (Wildman–Crippen LogP) is 3.80. The van der Waals surface area contributed by atoms with Crippen molar-refractivity contribution >= 4 is 22.3 Å². The van der Waals surface area contributed by atoms with E-state index in [0.29, 0.717) is 22.8 Å². The van der Waals surface area contributed by atoms with Crippen LogP contribution in [0.15, 0.2) is 24.4 Å². The van der Waals surface area contributed by atoms with Crippen LogP contribution in [-0.4, -0.2) is 11.0 Å². The molecule has 0 aliphatic heterocycles. The third kappa shape index (κ3) is 2.62. The Morgan fingerprint density at radius 2 is 2.16 bits per heavy atom. The van der Waals surface area contributed by atoms with Crippen molar-refractivity contribution in [3.63, 3.8) is 0 Å². The van der Waals surface area contributed by atoms with Crippen LogP contribution in [0.2, 0.25) is 0 Å². The van der Waals surface area contributed by atoms with E-state index in [1.165, 1.54) is 6.07 Å². The molecule has 1 aromatic carbocycles. The molecular weight excluding hydrogens is 241 g/mol. The normalized spacial score (nSPS) is 14.3. The van der Waals surface area contributed by atoms with Gasteiger partial charge in [0, 0.05) is 23.3 Å². The summed E-state index contributed by atoms with van der Waals surface area (Å²) < 4.78 is 14.1. The largest absolute Gasteiger partial charge is 0.398 e. The fourth-order valence-corrected chi connectivity index (χ4v) is 2.10. The second-order valence-corrected chi connectivity index (χ2v) is 5.04. The minimum atomic E-state index is -0.348. The third-order valence-corrected chi connectivity index (χ3v) is 3.75. The Bertz CT molecular complexity index is 583. The lowest BCUT2D eigenvalue weighted by Crippen LogP contribution is -2.24. The molecule has 0 aliphatic rings. The second-order valence-electron chi connectivity index (χ2n) is 5.04. The van der Waals surface area contributed by atoms with E-state index in [4.69, 9.17) is 5.73 Å². The maximum absolute atomic E-state index is 14.1. The fraction of sp³-hybridized carbons (Fsp3) is 0.400. The average Bonchev–Trinajstić information content (AvgIpc) is 2.42. The van der Waals surface area contributed by atoms with Crippen molar-refractivity contribution < 1.29 is 4.39 Å². The van der Waals surface area contributed by atoms with Crippen molar-refractivity contribution in [2.24, 2.45) is 5.92 Å². The Morgan fingerprint density at radius 1 is 1.42 bits per heavy atom. The lowest BCUT2D eigenvalue weighted by molar-refractivity contribution is 0.492. The highest BCUT2D eigenvalue weighted by atomic mass is 19.1. The molecule has 0 saturated heterocycles. The number of benzene rings is 1. The maximum atomic E-state index is 14.1. The first-order valence-electron chi connectivity index (χ1n) is 6.63. The third-order valence-electron chi connectivity index (χ3n) is 3.75. The van der Waals surface area contributed by atoms with Crippen LogP contribution in [0.25, 0.3) is 10.9 Å². The number of pyridine rings is 1. The van der Waals surface area contributed by atoms with Crippen molar-refractivity contribution in [3.8, 4) is 0 Å². The number of nitrogen functional groups attached to an aromatic ring is 1. The first-order valence-corrected chi connectivity index (χ1v) is 6.63. The number of hydrogen-bond acceptors (Lipinski definition) is 3. The fourth-order valence-electron chi connectivity index (χ4n) is 2.10. The topological polar surface area (TPSA) is 50.9 Å². The van der Waals surface area contributed by atoms with Gasteiger partial charge in [0.25, 0.3) is 0 Å². The molecule has 0 saturated carbocycles. The minimum absolute atomic E-state index is 0.174. The molecule has 0 fully saturated rings. The molecule has 1 aromatic heterocycles. The van der Waals surface area contributed by atoms with Gasteiger partial charge in [-0.1, -0.05) is 20.3 Å². The Labute approximate surface area is 113 Å². The van der Waals surface area contributed by atoms with Gasteiger partial charge < -0.3 is 11.1 Å². The summed E-state index contributed by atoms with van der Waals surface area (Å²) in [7, 11) is 0. The number of hydrogen-bond donors (Lipinski definition) is 2. The van der Waals surface area contributed by atoms with Gasteiger partial charge in [-0.15, -0.1) is 0 Å². The van der Waals surface area contributed by atoms with Crippen LogP contribution in [0.4, 0.5) is 15.8 Å². The molecule has 1 heterocycles. The van der Waals surface area contributed by atoms with Crippen LogP contribution in [0.1, 0.15) is 27.2 Å². The molecule has 4 heteroatoms. The summed E-state index contributed by atoms with van der Waals surface area (Å²) in [6.45, 7) is 6.32. The lowest BCUT2D eigenvalue weighted by Gasteiger charge is -2.22. The number of nitrogens with zero attached hydrogens (tertiary/aromatic N) is 1. The number of halogens is 1. The maximum Gasteiger partial charge on any atom is 0.150 e. The predicted molar refractivity (Wildman–Crippen MR) is 78.7 cm³/mol. The molecule has 0 radical (unpaired) electrons. The summed E-state index contributed by atoms with van der Waals surface area (Å²) in [5.74, 6) is 0.106. The summed E-state index contributed by atoms with van der Waals surface area (Å²) >= 11 is 0. The van der Waals surface area contributed by atoms with Gasteiger partial charge in [0.15, 0.2) is 5.82 Å². The highest BCUT2D eigenvalue weighted by Crippen LogP contribution is 2.30. The summed E-state index contributed by atoms with van der Waals surface area (Å²) in [5, 5.41) is 4.02. The van der Waals surface area contributed by atoms with Gasteiger partial charge in [0.2, 0.25) is 0 Å². The Hall–Kier alpha value is -1.84. The SMILES string of the molecule is CCC(C)C(C)Nc1c(F)cc(N)c2cccnc12. The van der Waals surface area contributed by atoms with Crippen molar-refractivity contribution in [2.75, 3.05) is 11.1 Å². The number of nitrogens with two attached hydrogens (primary N) is 1. The quantitative estimate of drug-likeness (QED) is 0.823. The highest BCUT2D eigenvalue weighted by molar-refractivity contribution is 5.98. The first-order chi connectivity index (χ1) is 9.04. The van der Waals surface area contributed by atoms with Crippen molar-refractivity contribution in [2.45, 2.75) is 33.2 Å². The molecule has 0 aliphatic carbocycles. The molecule has 3 nitrogen and oxygen atoms in total. The van der Waals surface area contributed by atoms with E-state index in [-0.39, 0.29) is 11.9 Å². The van der Waals surface area contributed by atoms with Gasteiger partial charge in [0.1, 0.15) is 0 Å². The molecule has 3 N–H and O–H groups in total. The minimum Gasteiger partial charge on any atom is -0.398 e. The summed E-state index contributed by atoms with van der Waals surface area (Å²) in [5.41, 5.74) is 7.29. The zero-order chi connectivity index (χ0) is 14.0. The Morgan fingerprint density at radius 3 is 2.84 bits per heavy atom. The standard InChI is InChI=1S/C15H20FN3/c1-4-9(2)10(3)19-15-12(16)8-13(17)11-6-5-7-18-14(11)15/h5-10,19H,4,17H2,1-3H3. The van der Waals surface area contributed by atoms with Crippen LogP contribution in [0.5, 0.6) is 0 Å². The van der Waals surface area contributed by atoms with Crippen LogP contribution >= 0.6 is 0 Å². The van der Waals surface area contributed by atoms with Gasteiger partial charge in [-0.05, 0) is 31.0 Å². The number of rotatable bonds is 4. The van der Waals surface area contributed by atoms with Crippen molar-refractivity contribution in [1.82, 2.24) is 4.98 Å². The van der Waals surface area contributed by atoms with E-state index < -0.39 is 0 Å². The Kier molecular flexibility index (Phi) is 3.88. The number of nitrogens with one attached hydrogen (secondary N) is 1. The molecule has 2 atom stereocenters. The van der Waals surface area contributed by atoms with E-state index >= 15 is 0 Å². The molecule has 0 spiro atoms. The molecule has 19 heavy (non-hydrogen) atoms. The second kappa shape index (κ2) is 5.43. The Balaban J connectivity index is 2.48. The van der Waals surface area contributed by atoms with Crippen LogP contribution in [0, 0.1) is 11.7 Å². The number of aromatic nitrogens is 1. The molecule has 102 valence electrons. The zero-order valence-electron chi connectivity index (χ0n) is 11.6. The van der Waals surface area contributed by atoms with Crippen LogP contribution < -0.4 is 11.1 Å². The van der Waals surface area contributed by atoms with E-state index in [9.17, 15) is 4.39 Å². The monoisotopic (exact) mass is 261 g/mol. The average molecular weight is 261 g/mol. The molecule has 2 rings (SSSR count). The van der Waals surface area contributed by atoms with Crippen LogP contribution in [-0.2, 0) is 0 Å². The molecule has 2 aromatic rings. The zero-order valence-corrected chi connectivity index (χ0v) is 11.6. The van der Waals surface area contributed by atoms with E-state index in [0.717, 1.165) is 11.8 Å². The smallest absolute Gasteiger partial charge is 0.150 e. The van der Waals surface area contributed by atoms with Crippen molar-refractivity contribution in [3.05, 3.63) is 30.2 Å². The van der Waals surface area contributed by atoms with Gasteiger partial charge in [-0.3, -0.25) is 4.98 Å². The number of fused-ring (bicyclic) bond motifs is 1. The van der Waals surface area contributed by atoms with E-state index in [1.807, 2.05) is 6.07 Å². The first kappa shape index (κ1) is 13.6. The van der Waals surface area contributed by atoms with Crippen LogP contribution in [0.3, 0.4) is 0 Å². The van der Waals surface area contributed by atoms with Gasteiger partial charge in [-0.2, -0.15) is 0 Å². The summed E-state index contributed by atoms with van der Waals surface area (Å²) in [6.07, 6.45) is 2.69. The van der Waals surface area contributed by atoms with Gasteiger partial charge >= 0.3 is 0 Å². The molecule has 2 unspecified atom stereocenters. The highest BCUT2D eigenvalue weighted by Gasteiger charge is 2.16. The van der Waals surface area contributed by atoms with E-state index in [2.05, 4.69) is 31.1 Å². The molecular formula is C15H20FN3. The lowest BCUT2D eigenvalue weighted by atomic mass is 10.00. The summed E-state index contributed by atoms with van der Waals surface area (Å²) in [4.78, 5) is 4.26. The summed E-state index contributed by atoms with van der Waals surface area (Å²) in [6, 6.07) is 5.19. The van der Waals surface area contributed by atoms with Gasteiger partial charge in [0.05, 0.1) is 11.2 Å². The van der Waals surface area contributed by atoms with E-state index in [1.54, 1.807) is 12.3 Å². The van der Waals surface area contributed by atoms with Gasteiger partial charge in [-0.25, -0.2) is 4.39 Å².